The number of hydrogen-bond donors (Lipinski definition) is 5. The Labute approximate surface area is 216 Å². The Balaban J connectivity index is 1.63. The fourth-order valence-corrected chi connectivity index (χ4v) is 10.8. The Morgan fingerprint density at radius 3 is 2.17 bits per heavy atom. The second kappa shape index (κ2) is 7.80. The molecule has 4 fully saturated rings. The zero-order chi connectivity index (χ0) is 26.7. The van der Waals surface area contributed by atoms with Crippen molar-refractivity contribution in [2.75, 3.05) is 6.61 Å². The number of rotatable bonds is 2. The molecule has 0 unspecified atom stereocenters. The lowest BCUT2D eigenvalue weighted by Gasteiger charge is -2.71. The van der Waals surface area contributed by atoms with Crippen LogP contribution in [0.15, 0.2) is 11.6 Å². The molecule has 0 aromatic rings. The van der Waals surface area contributed by atoms with Crippen molar-refractivity contribution in [1.29, 1.82) is 0 Å². The van der Waals surface area contributed by atoms with Gasteiger partial charge in [0.2, 0.25) is 0 Å². The molecule has 5 aliphatic carbocycles. The van der Waals surface area contributed by atoms with Crippen LogP contribution in [-0.2, 0) is 4.79 Å². The Hall–Kier alpha value is -0.950. The quantitative estimate of drug-likeness (QED) is 0.361. The van der Waals surface area contributed by atoms with Gasteiger partial charge in [-0.25, -0.2) is 0 Å². The van der Waals surface area contributed by atoms with Gasteiger partial charge in [-0.05, 0) is 84.9 Å². The third-order valence-corrected chi connectivity index (χ3v) is 13.4. The molecule has 0 saturated heterocycles. The van der Waals surface area contributed by atoms with E-state index in [1.165, 1.54) is 0 Å². The minimum Gasteiger partial charge on any atom is -0.481 e. The van der Waals surface area contributed by atoms with Gasteiger partial charge in [-0.2, -0.15) is 0 Å². The molecule has 5 rings (SSSR count). The molecular formula is C30H48O6. The van der Waals surface area contributed by atoms with Crippen molar-refractivity contribution in [1.82, 2.24) is 0 Å². The first-order chi connectivity index (χ1) is 16.5. The Morgan fingerprint density at radius 1 is 0.917 bits per heavy atom. The monoisotopic (exact) mass is 504 g/mol. The minimum absolute atomic E-state index is 0.0888. The van der Waals surface area contributed by atoms with Crippen LogP contribution < -0.4 is 0 Å². The van der Waals surface area contributed by atoms with E-state index in [0.29, 0.717) is 25.7 Å². The summed E-state index contributed by atoms with van der Waals surface area (Å²) in [5, 5.41) is 54.5. The van der Waals surface area contributed by atoms with Crippen LogP contribution in [0.5, 0.6) is 0 Å². The second-order valence-corrected chi connectivity index (χ2v) is 15.0. The molecule has 36 heavy (non-hydrogen) atoms. The first kappa shape index (κ1) is 26.6. The van der Waals surface area contributed by atoms with Crippen LogP contribution in [0.3, 0.4) is 0 Å². The first-order valence-corrected chi connectivity index (χ1v) is 14.1. The van der Waals surface area contributed by atoms with Crippen LogP contribution in [0, 0.1) is 50.2 Å². The summed E-state index contributed by atoms with van der Waals surface area (Å²) in [7, 11) is 0. The van der Waals surface area contributed by atoms with Crippen LogP contribution >= 0.6 is 0 Å². The molecule has 204 valence electrons. The Morgan fingerprint density at radius 2 is 1.56 bits per heavy atom. The summed E-state index contributed by atoms with van der Waals surface area (Å²) in [6, 6.07) is 0. The van der Waals surface area contributed by atoms with Crippen molar-refractivity contribution in [3.63, 3.8) is 0 Å². The van der Waals surface area contributed by atoms with E-state index in [2.05, 4.69) is 40.7 Å². The lowest BCUT2D eigenvalue weighted by molar-refractivity contribution is -0.245. The number of aliphatic hydroxyl groups is 4. The zero-order valence-corrected chi connectivity index (χ0v) is 23.0. The van der Waals surface area contributed by atoms with Crippen molar-refractivity contribution in [2.24, 2.45) is 50.2 Å². The van der Waals surface area contributed by atoms with Crippen LogP contribution in [0.25, 0.3) is 0 Å². The highest BCUT2D eigenvalue weighted by Crippen LogP contribution is 2.75. The van der Waals surface area contributed by atoms with Crippen molar-refractivity contribution in [2.45, 2.75) is 111 Å². The van der Waals surface area contributed by atoms with Crippen LogP contribution in [0.4, 0.5) is 0 Å². The third-order valence-electron chi connectivity index (χ3n) is 13.4. The van der Waals surface area contributed by atoms with E-state index in [1.807, 2.05) is 6.92 Å². The highest BCUT2D eigenvalue weighted by Gasteiger charge is 2.71. The van der Waals surface area contributed by atoms with Crippen LogP contribution in [0.1, 0.15) is 92.9 Å². The maximum absolute atomic E-state index is 12.8. The van der Waals surface area contributed by atoms with Crippen molar-refractivity contribution < 1.29 is 30.3 Å². The molecule has 0 bridgehead atoms. The highest BCUT2D eigenvalue weighted by atomic mass is 16.4. The summed E-state index contributed by atoms with van der Waals surface area (Å²) in [5.41, 5.74) is -1.50. The van der Waals surface area contributed by atoms with Crippen LogP contribution in [0.2, 0.25) is 0 Å². The molecule has 6 nitrogen and oxygen atoms in total. The Bertz CT molecular complexity index is 974. The lowest BCUT2D eigenvalue weighted by Crippen LogP contribution is -2.69. The molecule has 0 aliphatic heterocycles. The number of fused-ring (bicyclic) bond motifs is 7. The molecule has 5 aliphatic rings. The van der Waals surface area contributed by atoms with Crippen molar-refractivity contribution >= 4 is 5.97 Å². The van der Waals surface area contributed by atoms with Gasteiger partial charge in [0.25, 0.3) is 0 Å². The topological polar surface area (TPSA) is 118 Å². The summed E-state index contributed by atoms with van der Waals surface area (Å²) >= 11 is 0. The van der Waals surface area contributed by atoms with Gasteiger partial charge in [0, 0.05) is 11.3 Å². The lowest BCUT2D eigenvalue weighted by atomic mass is 9.33. The van der Waals surface area contributed by atoms with Gasteiger partial charge in [0.05, 0.1) is 30.3 Å². The van der Waals surface area contributed by atoms with E-state index in [0.717, 1.165) is 31.3 Å². The predicted octanol–water partition coefficient (Wildman–Crippen LogP) is 4.15. The molecule has 4 saturated carbocycles. The summed E-state index contributed by atoms with van der Waals surface area (Å²) in [6.45, 7) is 12.9. The number of carbonyl (C=O) groups is 1. The number of aliphatic carboxylic acids is 1. The smallest absolute Gasteiger partial charge is 0.310 e. The zero-order valence-electron chi connectivity index (χ0n) is 23.0. The predicted molar refractivity (Wildman–Crippen MR) is 137 cm³/mol. The molecule has 0 aromatic carbocycles. The number of carboxylic acids is 1. The summed E-state index contributed by atoms with van der Waals surface area (Å²) in [5.74, 6) is -0.833. The summed E-state index contributed by atoms with van der Waals surface area (Å²) < 4.78 is 0. The molecule has 11 atom stereocenters. The molecule has 0 heterocycles. The minimum atomic E-state index is -0.944. The normalized spacial score (nSPS) is 55.9. The van der Waals surface area contributed by atoms with E-state index in [9.17, 15) is 30.3 Å². The standard InChI is InChI=1S/C30H48O6/c1-25(2)11-13-30(24(35)36)14-12-28(5)17(21(30)23(25)34)7-8-20-26(3)15-18(32)22(33)27(4,16-31)19(26)9-10-29(20,28)6/h7,18-23,31-34H,8-16H2,1-6H3,(H,35,36)/t18-,19-,20+,21+,22-,23+,26+,27-,28-,29-,30+/m1/s1. The van der Waals surface area contributed by atoms with Gasteiger partial charge in [0.1, 0.15) is 0 Å². The van der Waals surface area contributed by atoms with E-state index in [4.69, 9.17) is 0 Å². The average Bonchev–Trinajstić information content (AvgIpc) is 2.80. The van der Waals surface area contributed by atoms with Gasteiger partial charge in [-0.3, -0.25) is 4.79 Å². The highest BCUT2D eigenvalue weighted by molar-refractivity contribution is 5.77. The van der Waals surface area contributed by atoms with Crippen molar-refractivity contribution in [3.05, 3.63) is 11.6 Å². The fourth-order valence-electron chi connectivity index (χ4n) is 10.8. The largest absolute Gasteiger partial charge is 0.481 e. The molecule has 6 heteroatoms. The SMILES string of the molecule is CC1(C)CC[C@]2(C(=O)O)CC[C@]3(C)C(=CC[C@H]4[C@@]5(C)C[C@@H](O)[C@@H](O)[C@](C)(CO)[C@@H]5CC[C@]43C)[C@H]2[C@@H]1O. The van der Waals surface area contributed by atoms with Crippen LogP contribution in [-0.4, -0.2) is 56.4 Å². The van der Waals surface area contributed by atoms with Gasteiger partial charge in [0.15, 0.2) is 0 Å². The average molecular weight is 505 g/mol. The molecule has 0 aromatic heterocycles. The first-order valence-electron chi connectivity index (χ1n) is 14.1. The van der Waals surface area contributed by atoms with Gasteiger partial charge < -0.3 is 25.5 Å². The van der Waals surface area contributed by atoms with E-state index < -0.39 is 35.1 Å². The third kappa shape index (κ3) is 2.96. The molecular weight excluding hydrogens is 456 g/mol. The maximum atomic E-state index is 12.8. The molecule has 0 radical (unpaired) electrons. The van der Waals surface area contributed by atoms with E-state index in [1.54, 1.807) is 0 Å². The van der Waals surface area contributed by atoms with E-state index in [-0.39, 0.29) is 46.0 Å². The summed E-state index contributed by atoms with van der Waals surface area (Å²) in [4.78, 5) is 12.8. The maximum Gasteiger partial charge on any atom is 0.310 e. The number of hydrogen-bond acceptors (Lipinski definition) is 5. The van der Waals surface area contributed by atoms with E-state index >= 15 is 0 Å². The molecule has 5 N–H and O–H groups in total. The molecule has 0 spiro atoms. The number of aliphatic hydroxyl groups excluding tert-OH is 4. The number of allylic oxidation sites excluding steroid dienone is 1. The van der Waals surface area contributed by atoms with Crippen molar-refractivity contribution in [3.8, 4) is 0 Å². The second-order valence-electron chi connectivity index (χ2n) is 15.0. The van der Waals surface area contributed by atoms with Gasteiger partial charge in [-0.15, -0.1) is 0 Å². The van der Waals surface area contributed by atoms with Gasteiger partial charge in [-0.1, -0.05) is 53.2 Å². The van der Waals surface area contributed by atoms with Gasteiger partial charge >= 0.3 is 5.97 Å². The summed E-state index contributed by atoms with van der Waals surface area (Å²) in [6.07, 6.45) is 5.48. The number of carboxylic acid groups (broad SMARTS) is 1. The Kier molecular flexibility index (Phi) is 5.77. The molecule has 0 amide bonds. The fraction of sp³-hybridized carbons (Fsp3) is 0.900.